The first-order chi connectivity index (χ1) is 7.70. The van der Waals surface area contributed by atoms with Crippen molar-refractivity contribution in [2.45, 2.75) is 13.1 Å². The van der Waals surface area contributed by atoms with Gasteiger partial charge in [0.25, 0.3) is 0 Å². The molecule has 1 aromatic rings. The van der Waals surface area contributed by atoms with Crippen LogP contribution in [-0.2, 0) is 6.18 Å². The van der Waals surface area contributed by atoms with E-state index in [2.05, 4.69) is 0 Å². The maximum Gasteiger partial charge on any atom is 0.422 e. The highest BCUT2D eigenvalue weighted by Crippen LogP contribution is 2.38. The Balaban J connectivity index is 3.54. The van der Waals surface area contributed by atoms with Crippen LogP contribution in [0.15, 0.2) is 6.07 Å². The molecular formula is C10H9F6N. The quantitative estimate of drug-likeness (QED) is 0.578. The van der Waals surface area contributed by atoms with E-state index < -0.39 is 34.9 Å². The third kappa shape index (κ3) is 2.48. The van der Waals surface area contributed by atoms with Gasteiger partial charge in [-0.15, -0.1) is 0 Å². The highest BCUT2D eigenvalue weighted by molar-refractivity contribution is 5.51. The average Bonchev–Trinajstić information content (AvgIpc) is 2.20. The zero-order valence-electron chi connectivity index (χ0n) is 9.00. The smallest absolute Gasteiger partial charge is 0.372 e. The highest BCUT2D eigenvalue weighted by Gasteiger charge is 2.40. The van der Waals surface area contributed by atoms with Crippen LogP contribution in [0.1, 0.15) is 12.5 Å². The predicted molar refractivity (Wildman–Crippen MR) is 50.3 cm³/mol. The second kappa shape index (κ2) is 4.46. The van der Waals surface area contributed by atoms with Gasteiger partial charge in [0.1, 0.15) is 5.56 Å². The van der Waals surface area contributed by atoms with Gasteiger partial charge in [0.15, 0.2) is 17.5 Å². The van der Waals surface area contributed by atoms with Crippen molar-refractivity contribution < 1.29 is 26.3 Å². The fraction of sp³-hybridized carbons (Fsp3) is 0.400. The molecule has 0 saturated carbocycles. The Hall–Kier alpha value is -1.40. The molecule has 0 aliphatic rings. The van der Waals surface area contributed by atoms with Crippen LogP contribution in [0.5, 0.6) is 0 Å². The number of alkyl halides is 3. The largest absolute Gasteiger partial charge is 0.422 e. The summed E-state index contributed by atoms with van der Waals surface area (Å²) in [5.41, 5.74) is -2.83. The highest BCUT2D eigenvalue weighted by atomic mass is 19.4. The van der Waals surface area contributed by atoms with E-state index in [1.54, 1.807) is 0 Å². The van der Waals surface area contributed by atoms with Gasteiger partial charge >= 0.3 is 6.18 Å². The first-order valence-corrected chi connectivity index (χ1v) is 4.66. The molecule has 0 aliphatic carbocycles. The van der Waals surface area contributed by atoms with E-state index in [0.717, 1.165) is 4.90 Å². The Kier molecular flexibility index (Phi) is 3.59. The van der Waals surface area contributed by atoms with Crippen LogP contribution in [0.4, 0.5) is 32.0 Å². The summed E-state index contributed by atoms with van der Waals surface area (Å²) in [4.78, 5) is 1.05. The summed E-state index contributed by atoms with van der Waals surface area (Å²) in [7, 11) is 1.27. The van der Waals surface area contributed by atoms with Crippen LogP contribution in [0.3, 0.4) is 0 Å². The van der Waals surface area contributed by atoms with E-state index in [9.17, 15) is 26.3 Å². The summed E-state index contributed by atoms with van der Waals surface area (Å²) in [6.45, 7) is 1.69. The number of rotatable bonds is 2. The molecule has 0 amide bonds. The van der Waals surface area contributed by atoms with Crippen molar-refractivity contribution in [3.63, 3.8) is 0 Å². The molecule has 1 aromatic carbocycles. The zero-order valence-corrected chi connectivity index (χ0v) is 9.00. The lowest BCUT2D eigenvalue weighted by Crippen LogP contribution is -2.21. The molecule has 0 unspecified atom stereocenters. The Morgan fingerprint density at radius 3 is 2.06 bits per heavy atom. The predicted octanol–water partition coefficient (Wildman–Crippen LogP) is 3.58. The van der Waals surface area contributed by atoms with Gasteiger partial charge in [0.05, 0.1) is 5.69 Å². The minimum absolute atomic E-state index is 0.152. The Bertz CT molecular complexity index is 426. The van der Waals surface area contributed by atoms with Crippen molar-refractivity contribution in [3.05, 3.63) is 29.1 Å². The summed E-state index contributed by atoms with van der Waals surface area (Å²) in [5.74, 6) is -5.75. The summed E-state index contributed by atoms with van der Waals surface area (Å²) < 4.78 is 76.5. The fourth-order valence-electron chi connectivity index (χ4n) is 1.29. The van der Waals surface area contributed by atoms with E-state index in [-0.39, 0.29) is 6.54 Å². The molecule has 7 heteroatoms. The molecule has 0 saturated heterocycles. The molecule has 0 heterocycles. The van der Waals surface area contributed by atoms with Gasteiger partial charge < -0.3 is 4.90 Å². The first kappa shape index (κ1) is 13.7. The zero-order chi connectivity index (χ0) is 13.4. The maximum absolute atomic E-state index is 13.5. The standard InChI is InChI=1S/C10H9F6N/c1-3-17(2)6-4-5(11)8(12)7(9(6)13)10(14,15)16/h4H,3H2,1-2H3. The minimum Gasteiger partial charge on any atom is -0.372 e. The van der Waals surface area contributed by atoms with Gasteiger partial charge in [-0.25, -0.2) is 13.2 Å². The molecule has 1 nitrogen and oxygen atoms in total. The average molecular weight is 257 g/mol. The summed E-state index contributed by atoms with van der Waals surface area (Å²) in [6.07, 6.45) is -5.28. The van der Waals surface area contributed by atoms with Crippen molar-refractivity contribution in [1.29, 1.82) is 0 Å². The third-order valence-electron chi connectivity index (χ3n) is 2.31. The van der Waals surface area contributed by atoms with Gasteiger partial charge in [0, 0.05) is 19.7 Å². The Labute approximate surface area is 93.6 Å². The number of anilines is 1. The second-order valence-electron chi connectivity index (χ2n) is 3.39. The maximum atomic E-state index is 13.5. The van der Waals surface area contributed by atoms with Gasteiger partial charge in [-0.2, -0.15) is 13.2 Å². The van der Waals surface area contributed by atoms with Crippen molar-refractivity contribution in [2.24, 2.45) is 0 Å². The molecule has 0 spiro atoms. The third-order valence-corrected chi connectivity index (χ3v) is 2.31. The number of halogens is 6. The molecule has 0 aromatic heterocycles. The number of benzene rings is 1. The molecule has 0 radical (unpaired) electrons. The van der Waals surface area contributed by atoms with Crippen LogP contribution in [0.25, 0.3) is 0 Å². The van der Waals surface area contributed by atoms with Gasteiger partial charge in [0.2, 0.25) is 0 Å². The van der Waals surface area contributed by atoms with Crippen LogP contribution in [-0.4, -0.2) is 13.6 Å². The van der Waals surface area contributed by atoms with Crippen LogP contribution in [0, 0.1) is 17.5 Å². The SMILES string of the molecule is CCN(C)c1cc(F)c(F)c(C(F)(F)F)c1F. The summed E-state index contributed by atoms with van der Waals surface area (Å²) >= 11 is 0. The van der Waals surface area contributed by atoms with Gasteiger partial charge in [-0.1, -0.05) is 0 Å². The minimum atomic E-state index is -5.28. The summed E-state index contributed by atoms with van der Waals surface area (Å²) in [5, 5.41) is 0. The van der Waals surface area contributed by atoms with Crippen molar-refractivity contribution in [1.82, 2.24) is 0 Å². The molecule has 0 atom stereocenters. The first-order valence-electron chi connectivity index (χ1n) is 4.66. The Morgan fingerprint density at radius 2 is 1.65 bits per heavy atom. The van der Waals surface area contributed by atoms with E-state index in [0.29, 0.717) is 6.07 Å². The van der Waals surface area contributed by atoms with Crippen molar-refractivity contribution in [2.75, 3.05) is 18.5 Å². The fourth-order valence-corrected chi connectivity index (χ4v) is 1.29. The lowest BCUT2D eigenvalue weighted by molar-refractivity contribution is -0.142. The molecule has 0 fully saturated rings. The van der Waals surface area contributed by atoms with Gasteiger partial charge in [-0.05, 0) is 6.92 Å². The van der Waals surface area contributed by atoms with Crippen molar-refractivity contribution >= 4 is 5.69 Å². The van der Waals surface area contributed by atoms with Gasteiger partial charge in [-0.3, -0.25) is 0 Å². The molecular weight excluding hydrogens is 248 g/mol. The number of hydrogen-bond acceptors (Lipinski definition) is 1. The van der Waals surface area contributed by atoms with Crippen LogP contribution in [0.2, 0.25) is 0 Å². The molecule has 96 valence electrons. The molecule has 0 aliphatic heterocycles. The van der Waals surface area contributed by atoms with E-state index in [1.165, 1.54) is 14.0 Å². The number of nitrogens with zero attached hydrogens (tertiary/aromatic N) is 1. The van der Waals surface area contributed by atoms with Crippen LogP contribution >= 0.6 is 0 Å². The topological polar surface area (TPSA) is 3.24 Å². The normalized spacial score (nSPS) is 11.8. The second-order valence-corrected chi connectivity index (χ2v) is 3.39. The molecule has 17 heavy (non-hydrogen) atoms. The van der Waals surface area contributed by atoms with Crippen molar-refractivity contribution in [3.8, 4) is 0 Å². The lowest BCUT2D eigenvalue weighted by Gasteiger charge is -2.20. The Morgan fingerprint density at radius 1 is 1.12 bits per heavy atom. The van der Waals surface area contributed by atoms with Crippen LogP contribution < -0.4 is 4.90 Å². The monoisotopic (exact) mass is 257 g/mol. The summed E-state index contributed by atoms with van der Waals surface area (Å²) in [6, 6.07) is 0.406. The molecule has 1 rings (SSSR count). The molecule has 0 bridgehead atoms. The lowest BCUT2D eigenvalue weighted by atomic mass is 10.1. The molecule has 0 N–H and O–H groups in total. The van der Waals surface area contributed by atoms with E-state index >= 15 is 0 Å². The van der Waals surface area contributed by atoms with E-state index in [4.69, 9.17) is 0 Å². The van der Waals surface area contributed by atoms with E-state index in [1.807, 2.05) is 0 Å². The number of hydrogen-bond donors (Lipinski definition) is 0.